The summed E-state index contributed by atoms with van der Waals surface area (Å²) in [6.07, 6.45) is -0.471. The van der Waals surface area contributed by atoms with Gasteiger partial charge in [0.05, 0.1) is 0 Å². The maximum absolute atomic E-state index is 12.6. The number of fused-ring (bicyclic) bond motifs is 1. The summed E-state index contributed by atoms with van der Waals surface area (Å²) in [5.41, 5.74) is 3.55. The molecule has 3 aromatic rings. The second-order valence-corrected chi connectivity index (χ2v) is 6.31. The summed E-state index contributed by atoms with van der Waals surface area (Å²) in [5, 5.41) is 6.40. The molecule has 1 atom stereocenters. The van der Waals surface area contributed by atoms with E-state index in [-0.39, 0.29) is 5.56 Å². The smallest absolute Gasteiger partial charge is 0.257 e. The van der Waals surface area contributed by atoms with E-state index in [2.05, 4.69) is 15.6 Å². The average Bonchev–Trinajstić information content (AvgIpc) is 2.63. The Kier molecular flexibility index (Phi) is 4.01. The van der Waals surface area contributed by atoms with Gasteiger partial charge < -0.3 is 5.32 Å². The molecule has 0 fully saturated rings. The largest absolute Gasteiger partial charge is 0.326 e. The van der Waals surface area contributed by atoms with E-state index in [1.165, 1.54) is 11.6 Å². The van der Waals surface area contributed by atoms with Crippen LogP contribution in [0.1, 0.15) is 23.0 Å². The van der Waals surface area contributed by atoms with Gasteiger partial charge in [-0.25, -0.2) is 9.98 Å². The lowest BCUT2D eigenvalue weighted by Gasteiger charge is -2.27. The Hall–Kier alpha value is -3.41. The summed E-state index contributed by atoms with van der Waals surface area (Å²) < 4.78 is 1.57. The van der Waals surface area contributed by atoms with Crippen molar-refractivity contribution in [3.05, 3.63) is 87.8 Å². The molecule has 0 spiro atoms. The Morgan fingerprint density at radius 1 is 1.04 bits per heavy atom. The quantitative estimate of drug-likeness (QED) is 0.747. The molecule has 1 aliphatic rings. The van der Waals surface area contributed by atoms with Crippen LogP contribution in [0.15, 0.2) is 70.5 Å². The van der Waals surface area contributed by atoms with Gasteiger partial charge in [0.15, 0.2) is 6.17 Å². The van der Waals surface area contributed by atoms with Crippen LogP contribution in [0.3, 0.4) is 0 Å². The molecule has 0 bridgehead atoms. The average molecular weight is 345 g/mol. The predicted molar refractivity (Wildman–Crippen MR) is 104 cm³/mol. The zero-order valence-corrected chi connectivity index (χ0v) is 14.6. The number of guanidine groups is 1. The SMILES string of the molecule is Cc1ccc(NC2=N[C@H](c3ccccc3)n3c(nc(C)cc3=O)N2)cc1. The van der Waals surface area contributed by atoms with Crippen LogP contribution < -0.4 is 16.2 Å². The van der Waals surface area contributed by atoms with Crippen LogP contribution in [0.5, 0.6) is 0 Å². The standard InChI is InChI=1S/C20H19N5O/c1-13-8-10-16(11-9-13)22-19-23-18(15-6-4-3-5-7-15)25-17(26)12-14(2)21-20(25)24-19/h3-12,18H,1-2H3,(H2,21,22,23,24)/t18-/m0/s1. The van der Waals surface area contributed by atoms with E-state index in [9.17, 15) is 4.79 Å². The highest BCUT2D eigenvalue weighted by atomic mass is 16.1. The third-order valence-electron chi connectivity index (χ3n) is 4.22. The summed E-state index contributed by atoms with van der Waals surface area (Å²) in [6.45, 7) is 3.85. The second-order valence-electron chi connectivity index (χ2n) is 6.31. The van der Waals surface area contributed by atoms with Gasteiger partial charge in [-0.1, -0.05) is 48.0 Å². The number of aromatic nitrogens is 2. The number of nitrogens with zero attached hydrogens (tertiary/aromatic N) is 3. The fourth-order valence-corrected chi connectivity index (χ4v) is 2.93. The van der Waals surface area contributed by atoms with Crippen LogP contribution in [0, 0.1) is 13.8 Å². The molecule has 4 rings (SSSR count). The summed E-state index contributed by atoms with van der Waals surface area (Å²) in [4.78, 5) is 21.8. The number of nitrogens with one attached hydrogen (secondary N) is 2. The van der Waals surface area contributed by atoms with Gasteiger partial charge in [-0.15, -0.1) is 0 Å². The molecule has 1 aromatic heterocycles. The first kappa shape index (κ1) is 16.1. The van der Waals surface area contributed by atoms with Gasteiger partial charge >= 0.3 is 0 Å². The molecule has 130 valence electrons. The molecule has 26 heavy (non-hydrogen) atoms. The predicted octanol–water partition coefficient (Wildman–Crippen LogP) is 3.30. The first-order valence-corrected chi connectivity index (χ1v) is 8.44. The zero-order valence-electron chi connectivity index (χ0n) is 14.6. The minimum atomic E-state index is -0.471. The fourth-order valence-electron chi connectivity index (χ4n) is 2.93. The third kappa shape index (κ3) is 3.09. The van der Waals surface area contributed by atoms with Crippen LogP contribution in [0.4, 0.5) is 11.6 Å². The Balaban J connectivity index is 1.78. The van der Waals surface area contributed by atoms with E-state index >= 15 is 0 Å². The molecule has 6 nitrogen and oxygen atoms in total. The highest BCUT2D eigenvalue weighted by molar-refractivity contribution is 6.03. The minimum absolute atomic E-state index is 0.132. The number of hydrogen-bond donors (Lipinski definition) is 2. The first-order valence-electron chi connectivity index (χ1n) is 8.44. The summed E-state index contributed by atoms with van der Waals surface area (Å²) >= 11 is 0. The molecule has 1 aliphatic heterocycles. The summed E-state index contributed by atoms with van der Waals surface area (Å²) in [5.74, 6) is 1.04. The molecular weight excluding hydrogens is 326 g/mol. The molecule has 2 heterocycles. The maximum Gasteiger partial charge on any atom is 0.257 e. The van der Waals surface area contributed by atoms with E-state index in [1.54, 1.807) is 11.5 Å². The number of aryl methyl sites for hydroxylation is 2. The normalized spacial score (nSPS) is 15.6. The van der Waals surface area contributed by atoms with Crippen LogP contribution >= 0.6 is 0 Å². The maximum atomic E-state index is 12.6. The van der Waals surface area contributed by atoms with Crippen LogP contribution in [-0.2, 0) is 0 Å². The molecule has 2 N–H and O–H groups in total. The van der Waals surface area contributed by atoms with E-state index < -0.39 is 6.17 Å². The molecule has 0 aliphatic carbocycles. The molecule has 2 aromatic carbocycles. The van der Waals surface area contributed by atoms with Crippen molar-refractivity contribution in [2.45, 2.75) is 20.0 Å². The Bertz CT molecular complexity index is 1020. The van der Waals surface area contributed by atoms with Gasteiger partial charge in [0.2, 0.25) is 11.9 Å². The monoisotopic (exact) mass is 345 g/mol. The summed E-state index contributed by atoms with van der Waals surface area (Å²) in [7, 11) is 0. The van der Waals surface area contributed by atoms with Gasteiger partial charge in [0, 0.05) is 17.4 Å². The van der Waals surface area contributed by atoms with E-state index in [0.717, 1.165) is 11.3 Å². The Morgan fingerprint density at radius 2 is 1.77 bits per heavy atom. The van der Waals surface area contributed by atoms with Crippen LogP contribution in [0.25, 0.3) is 0 Å². The van der Waals surface area contributed by atoms with Crippen LogP contribution in [-0.4, -0.2) is 15.5 Å². The van der Waals surface area contributed by atoms with Crippen molar-refractivity contribution in [2.75, 3.05) is 10.6 Å². The van der Waals surface area contributed by atoms with Crippen molar-refractivity contribution in [3.8, 4) is 0 Å². The van der Waals surface area contributed by atoms with Crippen molar-refractivity contribution in [1.29, 1.82) is 0 Å². The molecule has 0 amide bonds. The topological polar surface area (TPSA) is 71.3 Å². The number of benzene rings is 2. The number of aliphatic imine (C=N–C) groups is 1. The van der Waals surface area contributed by atoms with E-state index in [1.807, 2.05) is 61.5 Å². The molecule has 0 radical (unpaired) electrons. The van der Waals surface area contributed by atoms with Gasteiger partial charge in [-0.2, -0.15) is 0 Å². The van der Waals surface area contributed by atoms with E-state index in [4.69, 9.17) is 4.99 Å². The highest BCUT2D eigenvalue weighted by Gasteiger charge is 2.24. The minimum Gasteiger partial charge on any atom is -0.326 e. The molecular formula is C20H19N5O. The van der Waals surface area contributed by atoms with Crippen molar-refractivity contribution >= 4 is 17.6 Å². The van der Waals surface area contributed by atoms with E-state index in [0.29, 0.717) is 17.6 Å². The van der Waals surface area contributed by atoms with Gasteiger partial charge in [0.1, 0.15) is 0 Å². The lowest BCUT2D eigenvalue weighted by atomic mass is 10.1. The van der Waals surface area contributed by atoms with Gasteiger partial charge in [0.25, 0.3) is 5.56 Å². The Labute approximate surface area is 151 Å². The number of hydrogen-bond acceptors (Lipinski definition) is 5. The molecule has 0 unspecified atom stereocenters. The molecule has 0 saturated carbocycles. The summed E-state index contributed by atoms with van der Waals surface area (Å²) in [6, 6.07) is 19.3. The first-order chi connectivity index (χ1) is 12.6. The lowest BCUT2D eigenvalue weighted by Crippen LogP contribution is -2.37. The lowest BCUT2D eigenvalue weighted by molar-refractivity contribution is 0.577. The molecule has 6 heteroatoms. The van der Waals surface area contributed by atoms with Crippen LogP contribution in [0.2, 0.25) is 0 Å². The van der Waals surface area contributed by atoms with Crippen molar-refractivity contribution < 1.29 is 0 Å². The zero-order chi connectivity index (χ0) is 18.1. The van der Waals surface area contributed by atoms with Gasteiger partial charge in [-0.3, -0.25) is 14.7 Å². The van der Waals surface area contributed by atoms with Gasteiger partial charge in [-0.05, 0) is 31.5 Å². The van der Waals surface area contributed by atoms with Crippen molar-refractivity contribution in [3.63, 3.8) is 0 Å². The number of anilines is 2. The third-order valence-corrected chi connectivity index (χ3v) is 4.22. The Morgan fingerprint density at radius 3 is 2.50 bits per heavy atom. The van der Waals surface area contributed by atoms with Crippen molar-refractivity contribution in [2.24, 2.45) is 4.99 Å². The number of rotatable bonds is 2. The van der Waals surface area contributed by atoms with Crippen molar-refractivity contribution in [1.82, 2.24) is 9.55 Å². The fraction of sp³-hybridized carbons (Fsp3) is 0.150. The second kappa shape index (κ2) is 6.48. The molecule has 0 saturated heterocycles. The highest BCUT2D eigenvalue weighted by Crippen LogP contribution is 2.25.